The molecule has 7 rings (SSSR count). The van der Waals surface area contributed by atoms with Crippen LogP contribution in [0.3, 0.4) is 0 Å². The van der Waals surface area contributed by atoms with Crippen LogP contribution in [0.2, 0.25) is 0 Å². The predicted octanol–water partition coefficient (Wildman–Crippen LogP) is 4.41. The van der Waals surface area contributed by atoms with E-state index in [4.69, 9.17) is 4.74 Å². The fourth-order valence-corrected chi connectivity index (χ4v) is 6.60. The number of anilines is 1. The highest BCUT2D eigenvalue weighted by atomic mass is 16.5. The molecule has 2 saturated heterocycles. The number of aromatic amines is 1. The van der Waals surface area contributed by atoms with Crippen LogP contribution in [0, 0.1) is 6.92 Å². The van der Waals surface area contributed by atoms with E-state index in [0.717, 1.165) is 72.6 Å². The average Bonchev–Trinajstić information content (AvgIpc) is 3.53. The standard InChI is InChI=1S/C34H35N5O4/c1-22-7-9-23(10-8-22)31-30-27(26-5-2-3-6-28(26)36-30)21-29-33(41)38(34(42)39(29)31)25-13-11-24(12-14-25)32(40)35-15-4-16-37-17-19-43-20-18-37/h2-3,5-14,29,31,36H,4,15-21H2,1H3,(H,35,40)/t29-,31+/m0/s1. The first-order chi connectivity index (χ1) is 21.0. The van der Waals surface area contributed by atoms with Gasteiger partial charge in [0.15, 0.2) is 0 Å². The molecule has 0 bridgehead atoms. The molecule has 4 aromatic rings. The van der Waals surface area contributed by atoms with E-state index >= 15 is 0 Å². The van der Waals surface area contributed by atoms with Crippen molar-refractivity contribution in [2.45, 2.75) is 31.8 Å². The van der Waals surface area contributed by atoms with Crippen molar-refractivity contribution in [1.82, 2.24) is 20.1 Å². The fourth-order valence-electron chi connectivity index (χ4n) is 6.60. The number of nitrogens with zero attached hydrogens (tertiary/aromatic N) is 3. The molecule has 3 aromatic carbocycles. The Hall–Kier alpha value is -4.47. The van der Waals surface area contributed by atoms with Crippen LogP contribution in [0.4, 0.5) is 10.5 Å². The van der Waals surface area contributed by atoms with Gasteiger partial charge in [-0.2, -0.15) is 0 Å². The number of nitrogens with one attached hydrogen (secondary N) is 2. The first-order valence-corrected chi connectivity index (χ1v) is 15.0. The topological polar surface area (TPSA) is 98.0 Å². The molecule has 2 N–H and O–H groups in total. The van der Waals surface area contributed by atoms with Gasteiger partial charge in [0.25, 0.3) is 11.8 Å². The van der Waals surface area contributed by atoms with E-state index in [-0.39, 0.29) is 17.8 Å². The Morgan fingerprint density at radius 3 is 2.49 bits per heavy atom. The Morgan fingerprint density at radius 2 is 1.72 bits per heavy atom. The molecule has 43 heavy (non-hydrogen) atoms. The Kier molecular flexibility index (Phi) is 7.20. The Balaban J connectivity index is 1.11. The number of benzene rings is 3. The SMILES string of the molecule is Cc1ccc([C@@H]2c3[nH]c4ccccc4c3C[C@H]3C(=O)N(c4ccc(C(=O)NCCCN5CCOCC5)cc4)C(=O)N23)cc1. The second-order valence-electron chi connectivity index (χ2n) is 11.6. The van der Waals surface area contributed by atoms with E-state index in [1.54, 1.807) is 29.2 Å². The predicted molar refractivity (Wildman–Crippen MR) is 164 cm³/mol. The number of carbonyl (C=O) groups excluding carboxylic acids is 3. The molecule has 0 saturated carbocycles. The van der Waals surface area contributed by atoms with E-state index in [1.807, 2.05) is 49.4 Å². The van der Waals surface area contributed by atoms with Crippen LogP contribution in [0.15, 0.2) is 72.8 Å². The number of aryl methyl sites for hydroxylation is 1. The van der Waals surface area contributed by atoms with Gasteiger partial charge in [0.2, 0.25) is 0 Å². The molecule has 4 amide bonds. The molecule has 9 heteroatoms. The molecule has 0 radical (unpaired) electrons. The lowest BCUT2D eigenvalue weighted by atomic mass is 9.88. The molecule has 3 aliphatic rings. The van der Waals surface area contributed by atoms with Crippen LogP contribution < -0.4 is 10.2 Å². The minimum atomic E-state index is -0.625. The highest BCUT2D eigenvalue weighted by Gasteiger charge is 2.53. The zero-order valence-corrected chi connectivity index (χ0v) is 24.2. The zero-order valence-electron chi connectivity index (χ0n) is 24.2. The smallest absolute Gasteiger partial charge is 0.332 e. The number of carbonyl (C=O) groups is 3. The summed E-state index contributed by atoms with van der Waals surface area (Å²) >= 11 is 0. The van der Waals surface area contributed by atoms with Crippen LogP contribution in [0.1, 0.15) is 45.2 Å². The molecular weight excluding hydrogens is 542 g/mol. The van der Waals surface area contributed by atoms with E-state index in [0.29, 0.717) is 24.2 Å². The first kappa shape index (κ1) is 27.4. The third-order valence-corrected chi connectivity index (χ3v) is 8.87. The lowest BCUT2D eigenvalue weighted by Gasteiger charge is -2.36. The third-order valence-electron chi connectivity index (χ3n) is 8.87. The summed E-state index contributed by atoms with van der Waals surface area (Å²) in [5, 5.41) is 4.06. The van der Waals surface area contributed by atoms with Gasteiger partial charge in [-0.1, -0.05) is 48.0 Å². The van der Waals surface area contributed by atoms with Crippen LogP contribution >= 0.6 is 0 Å². The van der Waals surface area contributed by atoms with Gasteiger partial charge < -0.3 is 15.0 Å². The molecule has 3 aliphatic heterocycles. The summed E-state index contributed by atoms with van der Waals surface area (Å²) in [4.78, 5) is 49.7. The number of hydrogen-bond acceptors (Lipinski definition) is 5. The largest absolute Gasteiger partial charge is 0.379 e. The molecule has 1 aromatic heterocycles. The maximum absolute atomic E-state index is 14.1. The van der Waals surface area contributed by atoms with Crippen molar-refractivity contribution in [3.05, 3.63) is 101 Å². The van der Waals surface area contributed by atoms with Crippen LogP contribution in [0.5, 0.6) is 0 Å². The molecule has 2 fully saturated rings. The lowest BCUT2D eigenvalue weighted by Crippen LogP contribution is -2.44. The van der Waals surface area contributed by atoms with Gasteiger partial charge in [-0.15, -0.1) is 0 Å². The van der Waals surface area contributed by atoms with E-state index in [9.17, 15) is 14.4 Å². The quantitative estimate of drug-likeness (QED) is 0.251. The van der Waals surface area contributed by atoms with Gasteiger partial charge in [0, 0.05) is 48.2 Å². The average molecular weight is 578 g/mol. The summed E-state index contributed by atoms with van der Waals surface area (Å²) in [5.74, 6) is -0.423. The van der Waals surface area contributed by atoms with Crippen LogP contribution in [-0.2, 0) is 16.0 Å². The summed E-state index contributed by atoms with van der Waals surface area (Å²) in [6.45, 7) is 6.90. The van der Waals surface area contributed by atoms with Crippen molar-refractivity contribution in [2.24, 2.45) is 0 Å². The molecule has 0 aliphatic carbocycles. The van der Waals surface area contributed by atoms with Crippen LogP contribution in [0.25, 0.3) is 10.9 Å². The van der Waals surface area contributed by atoms with Crippen molar-refractivity contribution in [2.75, 3.05) is 44.3 Å². The van der Waals surface area contributed by atoms with Crippen molar-refractivity contribution in [3.63, 3.8) is 0 Å². The number of morpholine rings is 1. The minimum absolute atomic E-state index is 0.171. The lowest BCUT2D eigenvalue weighted by molar-refractivity contribution is -0.120. The summed E-state index contributed by atoms with van der Waals surface area (Å²) < 4.78 is 5.38. The highest BCUT2D eigenvalue weighted by Crippen LogP contribution is 2.44. The normalized spacial score (nSPS) is 20.4. The molecule has 220 valence electrons. The first-order valence-electron chi connectivity index (χ1n) is 15.0. The third kappa shape index (κ3) is 4.98. The second kappa shape index (κ2) is 11.3. The summed E-state index contributed by atoms with van der Waals surface area (Å²) in [5.41, 5.74) is 6.05. The van der Waals surface area contributed by atoms with Crippen molar-refractivity contribution >= 4 is 34.4 Å². The fraction of sp³-hybridized carbons (Fsp3) is 0.324. The Labute approximate surface area is 250 Å². The summed E-state index contributed by atoms with van der Waals surface area (Å²) in [7, 11) is 0. The molecule has 4 heterocycles. The van der Waals surface area contributed by atoms with Gasteiger partial charge in [0.1, 0.15) is 12.1 Å². The van der Waals surface area contributed by atoms with Gasteiger partial charge in [-0.05, 0) is 61.3 Å². The summed E-state index contributed by atoms with van der Waals surface area (Å²) in [6.07, 6.45) is 1.30. The number of hydrogen-bond donors (Lipinski definition) is 2. The molecular formula is C34H35N5O4. The minimum Gasteiger partial charge on any atom is -0.379 e. The number of H-pyrrole nitrogens is 1. The maximum Gasteiger partial charge on any atom is 0.332 e. The van der Waals surface area contributed by atoms with Crippen molar-refractivity contribution < 1.29 is 19.1 Å². The van der Waals surface area contributed by atoms with Crippen LogP contribution in [-0.4, -0.2) is 78.1 Å². The van der Waals surface area contributed by atoms with Gasteiger partial charge in [-0.3, -0.25) is 19.4 Å². The van der Waals surface area contributed by atoms with Crippen molar-refractivity contribution in [1.29, 1.82) is 0 Å². The zero-order chi connectivity index (χ0) is 29.5. The van der Waals surface area contributed by atoms with Crippen molar-refractivity contribution in [3.8, 4) is 0 Å². The molecule has 0 spiro atoms. The van der Waals surface area contributed by atoms with Gasteiger partial charge in [0.05, 0.1) is 18.9 Å². The number of urea groups is 1. The Bertz CT molecular complexity index is 1670. The number of aromatic nitrogens is 1. The molecule has 2 atom stereocenters. The summed E-state index contributed by atoms with van der Waals surface area (Å²) in [6, 6.07) is 21.5. The van der Waals surface area contributed by atoms with Gasteiger partial charge in [-0.25, -0.2) is 9.69 Å². The number of para-hydroxylation sites is 1. The molecule has 9 nitrogen and oxygen atoms in total. The van der Waals surface area contributed by atoms with Gasteiger partial charge >= 0.3 is 6.03 Å². The number of amides is 4. The monoisotopic (exact) mass is 577 g/mol. The second-order valence-corrected chi connectivity index (χ2v) is 11.6. The van der Waals surface area contributed by atoms with E-state index in [2.05, 4.69) is 21.3 Å². The number of fused-ring (bicyclic) bond motifs is 4. The Morgan fingerprint density at radius 1 is 0.977 bits per heavy atom. The number of rotatable bonds is 7. The number of imide groups is 1. The van der Waals surface area contributed by atoms with E-state index in [1.165, 1.54) is 4.90 Å². The highest BCUT2D eigenvalue weighted by molar-refractivity contribution is 6.22. The van der Waals surface area contributed by atoms with E-state index < -0.39 is 12.1 Å². The maximum atomic E-state index is 14.1. The molecule has 0 unspecified atom stereocenters. The number of ether oxygens (including phenoxy) is 1.